The van der Waals surface area contributed by atoms with Gasteiger partial charge in [-0.25, -0.2) is 0 Å². The van der Waals surface area contributed by atoms with Crippen molar-refractivity contribution >= 4 is 41.5 Å². The van der Waals surface area contributed by atoms with E-state index in [4.69, 9.17) is 11.6 Å². The van der Waals surface area contributed by atoms with Gasteiger partial charge in [-0.15, -0.1) is 24.0 Å². The molecule has 0 bridgehead atoms. The van der Waals surface area contributed by atoms with Gasteiger partial charge in [-0.2, -0.15) is 8.78 Å². The monoisotopic (exact) mass is 514 g/mol. The van der Waals surface area contributed by atoms with Crippen LogP contribution in [0, 0.1) is 0 Å². The Labute approximate surface area is 180 Å². The third-order valence-electron chi connectivity index (χ3n) is 4.89. The number of halogens is 4. The lowest BCUT2D eigenvalue weighted by atomic mass is 10.2. The van der Waals surface area contributed by atoms with Gasteiger partial charge in [0.25, 0.3) is 0 Å². The topological polar surface area (TPSA) is 48.9 Å². The number of benzene rings is 1. The van der Waals surface area contributed by atoms with Crippen LogP contribution in [0.1, 0.15) is 31.7 Å². The summed E-state index contributed by atoms with van der Waals surface area (Å²) >= 11 is 5.99. The zero-order chi connectivity index (χ0) is 18.7. The van der Waals surface area contributed by atoms with E-state index < -0.39 is 6.61 Å². The molecule has 1 aliphatic carbocycles. The minimum atomic E-state index is -2.87. The number of aliphatic imine (C=N–C) groups is 1. The Bertz CT molecular complexity index is 660. The molecule has 5 nitrogen and oxygen atoms in total. The molecule has 1 saturated carbocycles. The predicted molar refractivity (Wildman–Crippen MR) is 114 cm³/mol. The Morgan fingerprint density at radius 2 is 2.15 bits per heavy atom. The van der Waals surface area contributed by atoms with E-state index in [1.165, 1.54) is 25.0 Å². The highest BCUT2D eigenvalue weighted by Gasteiger charge is 2.38. The highest BCUT2D eigenvalue weighted by Crippen LogP contribution is 2.33. The van der Waals surface area contributed by atoms with Crippen LogP contribution in [0.5, 0.6) is 5.75 Å². The summed E-state index contributed by atoms with van der Waals surface area (Å²) in [6, 6.07) is 6.24. The van der Waals surface area contributed by atoms with Crippen LogP contribution >= 0.6 is 35.6 Å². The van der Waals surface area contributed by atoms with Crippen molar-refractivity contribution in [3.05, 3.63) is 28.8 Å². The van der Waals surface area contributed by atoms with E-state index in [2.05, 4.69) is 32.2 Å². The maximum Gasteiger partial charge on any atom is 0.387 e. The Morgan fingerprint density at radius 1 is 1.41 bits per heavy atom. The fraction of sp³-hybridized carbons (Fsp3) is 0.611. The van der Waals surface area contributed by atoms with Gasteiger partial charge in [-0.05, 0) is 44.4 Å². The molecule has 0 radical (unpaired) electrons. The third kappa shape index (κ3) is 6.32. The molecule has 152 valence electrons. The summed E-state index contributed by atoms with van der Waals surface area (Å²) in [7, 11) is 1.70. The van der Waals surface area contributed by atoms with Crippen LogP contribution in [0.15, 0.2) is 23.2 Å². The van der Waals surface area contributed by atoms with E-state index in [0.717, 1.165) is 19.0 Å². The van der Waals surface area contributed by atoms with Gasteiger partial charge in [0, 0.05) is 48.8 Å². The molecule has 3 rings (SSSR count). The molecule has 0 aromatic heterocycles. The molecule has 2 atom stereocenters. The molecule has 1 heterocycles. The van der Waals surface area contributed by atoms with Gasteiger partial charge in [0.15, 0.2) is 5.96 Å². The molecule has 27 heavy (non-hydrogen) atoms. The van der Waals surface area contributed by atoms with Crippen molar-refractivity contribution in [2.75, 3.05) is 13.6 Å². The smallest absolute Gasteiger partial charge is 0.387 e. The first-order valence-electron chi connectivity index (χ1n) is 8.92. The molecule has 2 N–H and O–H groups in total. The molecule has 1 aromatic carbocycles. The second-order valence-corrected chi connectivity index (χ2v) is 7.35. The minimum Gasteiger partial charge on any atom is -0.434 e. The Kier molecular flexibility index (Phi) is 8.36. The van der Waals surface area contributed by atoms with E-state index >= 15 is 0 Å². The van der Waals surface area contributed by atoms with Crippen LogP contribution in [0.25, 0.3) is 0 Å². The molecule has 1 aromatic rings. The lowest BCUT2D eigenvalue weighted by molar-refractivity contribution is -0.0504. The van der Waals surface area contributed by atoms with Gasteiger partial charge < -0.3 is 15.4 Å². The molecule has 1 aliphatic heterocycles. The number of nitrogens with one attached hydrogen (secondary N) is 2. The quantitative estimate of drug-likeness (QED) is 0.344. The highest BCUT2D eigenvalue weighted by atomic mass is 127. The Hall–Kier alpha value is -0.870. The van der Waals surface area contributed by atoms with Gasteiger partial charge in [-0.3, -0.25) is 9.89 Å². The van der Waals surface area contributed by atoms with Gasteiger partial charge in [0.05, 0.1) is 0 Å². The number of ether oxygens (including phenoxy) is 1. The molecule has 2 unspecified atom stereocenters. The lowest BCUT2D eigenvalue weighted by Gasteiger charge is -2.20. The number of nitrogens with zero attached hydrogens (tertiary/aromatic N) is 2. The molecular weight excluding hydrogens is 489 g/mol. The first-order chi connectivity index (χ1) is 12.5. The number of hydrogen-bond acceptors (Lipinski definition) is 3. The van der Waals surface area contributed by atoms with Gasteiger partial charge in [0.2, 0.25) is 0 Å². The fourth-order valence-electron chi connectivity index (χ4n) is 3.54. The first-order valence-corrected chi connectivity index (χ1v) is 9.30. The summed E-state index contributed by atoms with van der Waals surface area (Å²) < 4.78 is 29.7. The zero-order valence-electron chi connectivity index (χ0n) is 15.4. The van der Waals surface area contributed by atoms with Crippen LogP contribution in [-0.2, 0) is 6.54 Å². The molecule has 1 saturated heterocycles. The van der Waals surface area contributed by atoms with Crippen LogP contribution in [-0.4, -0.2) is 49.2 Å². The van der Waals surface area contributed by atoms with E-state index in [0.29, 0.717) is 28.6 Å². The summed E-state index contributed by atoms with van der Waals surface area (Å²) in [5.41, 5.74) is 0.556. The zero-order valence-corrected chi connectivity index (χ0v) is 18.5. The molecule has 0 spiro atoms. The molecule has 0 amide bonds. The third-order valence-corrected chi connectivity index (χ3v) is 5.12. The fourth-order valence-corrected chi connectivity index (χ4v) is 3.73. The molecular formula is C18H26ClF2IN4O. The van der Waals surface area contributed by atoms with Crippen molar-refractivity contribution < 1.29 is 13.5 Å². The second-order valence-electron chi connectivity index (χ2n) is 6.91. The first kappa shape index (κ1) is 22.4. The highest BCUT2D eigenvalue weighted by molar-refractivity contribution is 14.0. The molecule has 2 fully saturated rings. The maximum atomic E-state index is 12.6. The lowest BCUT2D eigenvalue weighted by Crippen LogP contribution is -2.44. The van der Waals surface area contributed by atoms with Gasteiger partial charge >= 0.3 is 6.61 Å². The SMILES string of the molecule is CN=C(NCc1cc(Cl)ccc1OC(F)F)NC1CC(C)N(C2CC2)C1.I. The number of alkyl halides is 2. The van der Waals surface area contributed by atoms with Crippen molar-refractivity contribution in [1.29, 1.82) is 0 Å². The summed E-state index contributed by atoms with van der Waals surface area (Å²) in [6.45, 7) is 0.678. The van der Waals surface area contributed by atoms with Crippen LogP contribution in [0.4, 0.5) is 8.78 Å². The van der Waals surface area contributed by atoms with E-state index in [9.17, 15) is 8.78 Å². The van der Waals surface area contributed by atoms with Gasteiger partial charge in [0.1, 0.15) is 5.75 Å². The normalized spacial score (nSPS) is 23.3. The van der Waals surface area contributed by atoms with Crippen molar-refractivity contribution in [1.82, 2.24) is 15.5 Å². The van der Waals surface area contributed by atoms with Gasteiger partial charge in [-0.1, -0.05) is 11.6 Å². The van der Waals surface area contributed by atoms with E-state index in [1.54, 1.807) is 13.1 Å². The number of guanidine groups is 1. The summed E-state index contributed by atoms with van der Waals surface area (Å²) in [5, 5.41) is 7.06. The predicted octanol–water partition coefficient (Wildman–Crippen LogP) is 3.85. The van der Waals surface area contributed by atoms with Crippen molar-refractivity contribution in [2.45, 2.75) is 57.5 Å². The molecule has 2 aliphatic rings. The summed E-state index contributed by atoms with van der Waals surface area (Å²) in [6.07, 6.45) is 3.66. The number of likely N-dealkylation sites (tertiary alicyclic amines) is 1. The van der Waals surface area contributed by atoms with Crippen molar-refractivity contribution in [3.63, 3.8) is 0 Å². The maximum absolute atomic E-state index is 12.6. The van der Waals surface area contributed by atoms with E-state index in [1.807, 2.05) is 0 Å². The van der Waals surface area contributed by atoms with Crippen LogP contribution in [0.3, 0.4) is 0 Å². The van der Waals surface area contributed by atoms with Crippen molar-refractivity contribution in [3.8, 4) is 5.75 Å². The summed E-state index contributed by atoms with van der Waals surface area (Å²) in [5.74, 6) is 0.754. The van der Waals surface area contributed by atoms with Crippen LogP contribution < -0.4 is 15.4 Å². The Morgan fingerprint density at radius 3 is 2.78 bits per heavy atom. The molecule has 9 heteroatoms. The second kappa shape index (κ2) is 10.1. The Balaban J connectivity index is 0.00000261. The number of rotatable bonds is 6. The average Bonchev–Trinajstić information content (AvgIpc) is 3.36. The van der Waals surface area contributed by atoms with Crippen LogP contribution in [0.2, 0.25) is 5.02 Å². The standard InChI is InChI=1S/C18H25ClF2N4O.HI/c1-11-7-14(10-25(11)15-4-5-15)24-18(22-2)23-9-12-8-13(19)3-6-16(12)26-17(20)21;/h3,6,8,11,14-15,17H,4-5,7,9-10H2,1-2H3,(H2,22,23,24);1H. The number of hydrogen-bond donors (Lipinski definition) is 2. The van der Waals surface area contributed by atoms with E-state index in [-0.39, 0.29) is 36.3 Å². The minimum absolute atomic E-state index is 0. The largest absolute Gasteiger partial charge is 0.434 e. The van der Waals surface area contributed by atoms with Crippen molar-refractivity contribution in [2.24, 2.45) is 4.99 Å². The summed E-state index contributed by atoms with van der Waals surface area (Å²) in [4.78, 5) is 6.80. The average molecular weight is 515 g/mol.